The highest BCUT2D eigenvalue weighted by Gasteiger charge is 2.20. The number of carbonyl (C=O) groups excluding carboxylic acids is 1. The first-order valence-electron chi connectivity index (χ1n) is 5.46. The number of sulfone groups is 1. The predicted octanol–water partition coefficient (Wildman–Crippen LogP) is -0.345. The minimum atomic E-state index is -3.20. The quantitative estimate of drug-likeness (QED) is 0.370. The van der Waals surface area contributed by atoms with E-state index in [-0.39, 0.29) is 29.2 Å². The third-order valence-electron chi connectivity index (χ3n) is 2.39. The number of nitrogens with zero attached hydrogens (tertiary/aromatic N) is 1. The third kappa shape index (κ3) is 4.17. The molecule has 4 N–H and O–H groups in total. The van der Waals surface area contributed by atoms with Crippen molar-refractivity contribution in [3.05, 3.63) is 33.9 Å². The molecular formula is C10H14N4O5S. The lowest BCUT2D eigenvalue weighted by Gasteiger charge is -2.09. The number of anilines is 1. The zero-order valence-corrected chi connectivity index (χ0v) is 11.4. The first-order valence-corrected chi connectivity index (χ1v) is 7.52. The maximum absolute atomic E-state index is 11.9. The molecule has 0 aliphatic heterocycles. The molecule has 0 radical (unpaired) electrons. The van der Waals surface area contributed by atoms with Gasteiger partial charge in [0.15, 0.2) is 0 Å². The Morgan fingerprint density at radius 3 is 2.60 bits per heavy atom. The van der Waals surface area contributed by atoms with E-state index in [1.165, 1.54) is 18.2 Å². The van der Waals surface area contributed by atoms with Crippen molar-refractivity contribution in [3.63, 3.8) is 0 Å². The van der Waals surface area contributed by atoms with Crippen LogP contribution in [0.3, 0.4) is 0 Å². The minimum absolute atomic E-state index is 0.0322. The molecule has 1 rings (SSSR count). The number of hydrazine groups is 1. The number of nitrogens with two attached hydrogens (primary N) is 1. The number of hydrogen-bond donors (Lipinski definition) is 3. The van der Waals surface area contributed by atoms with Crippen molar-refractivity contribution in [2.75, 3.05) is 24.0 Å². The average molecular weight is 302 g/mol. The standard InChI is InChI=1S/C10H14N4O5S/c1-20(18,19)6-5-12-10(15)7-3-2-4-8(14(16)17)9(7)13-11/h2-4,13H,5-6,11H2,1H3,(H,12,15). The van der Waals surface area contributed by atoms with E-state index in [1.807, 2.05) is 0 Å². The van der Waals surface area contributed by atoms with Crippen molar-refractivity contribution >= 4 is 27.1 Å². The van der Waals surface area contributed by atoms with Crippen molar-refractivity contribution in [3.8, 4) is 0 Å². The van der Waals surface area contributed by atoms with Gasteiger partial charge in [0.2, 0.25) is 0 Å². The van der Waals surface area contributed by atoms with E-state index in [4.69, 9.17) is 5.84 Å². The van der Waals surface area contributed by atoms with Crippen LogP contribution in [-0.2, 0) is 9.84 Å². The Balaban J connectivity index is 2.93. The van der Waals surface area contributed by atoms with Crippen molar-refractivity contribution in [1.29, 1.82) is 0 Å². The Hall–Kier alpha value is -2.20. The van der Waals surface area contributed by atoms with Crippen LogP contribution in [0.5, 0.6) is 0 Å². The van der Waals surface area contributed by atoms with Crippen molar-refractivity contribution in [2.45, 2.75) is 0 Å². The molecule has 0 fully saturated rings. The lowest BCUT2D eigenvalue weighted by molar-refractivity contribution is -0.384. The molecule has 0 aromatic heterocycles. The number of nitro groups is 1. The van der Waals surface area contributed by atoms with Gasteiger partial charge in [0.1, 0.15) is 15.5 Å². The highest BCUT2D eigenvalue weighted by Crippen LogP contribution is 2.27. The Bertz CT molecular complexity index is 629. The average Bonchev–Trinajstić information content (AvgIpc) is 2.35. The first-order chi connectivity index (χ1) is 9.26. The molecule has 0 aliphatic rings. The zero-order chi connectivity index (χ0) is 15.3. The third-order valence-corrected chi connectivity index (χ3v) is 3.33. The van der Waals surface area contributed by atoms with Gasteiger partial charge in [-0.15, -0.1) is 0 Å². The SMILES string of the molecule is CS(=O)(=O)CCNC(=O)c1cccc([N+](=O)[O-])c1NN. The second-order valence-corrected chi connectivity index (χ2v) is 6.25. The van der Waals surface area contributed by atoms with E-state index in [2.05, 4.69) is 10.7 Å². The Morgan fingerprint density at radius 2 is 2.10 bits per heavy atom. The molecule has 0 saturated heterocycles. The first kappa shape index (κ1) is 15.9. The van der Waals surface area contributed by atoms with Crippen LogP contribution in [0.15, 0.2) is 18.2 Å². The van der Waals surface area contributed by atoms with E-state index in [1.54, 1.807) is 0 Å². The van der Waals surface area contributed by atoms with E-state index in [0.29, 0.717) is 0 Å². The number of rotatable bonds is 6. The number of carbonyl (C=O) groups is 1. The van der Waals surface area contributed by atoms with Gasteiger partial charge in [-0.05, 0) is 6.07 Å². The van der Waals surface area contributed by atoms with E-state index >= 15 is 0 Å². The summed E-state index contributed by atoms with van der Waals surface area (Å²) in [5.41, 5.74) is 1.61. The van der Waals surface area contributed by atoms with Gasteiger partial charge in [0, 0.05) is 18.9 Å². The van der Waals surface area contributed by atoms with Gasteiger partial charge in [-0.3, -0.25) is 20.8 Å². The summed E-state index contributed by atoms with van der Waals surface area (Å²) in [5.74, 6) is 4.32. The number of hydrogen-bond acceptors (Lipinski definition) is 7. The molecule has 0 aliphatic carbocycles. The summed E-state index contributed by atoms with van der Waals surface area (Å²) in [5, 5.41) is 13.2. The van der Waals surface area contributed by atoms with Crippen molar-refractivity contribution < 1.29 is 18.1 Å². The molecular weight excluding hydrogens is 288 g/mol. The van der Waals surface area contributed by atoms with Crippen LogP contribution in [0.4, 0.5) is 11.4 Å². The largest absolute Gasteiger partial charge is 0.351 e. The monoisotopic (exact) mass is 302 g/mol. The number of nitrogen functional groups attached to an aromatic ring is 1. The molecule has 1 amide bonds. The molecule has 20 heavy (non-hydrogen) atoms. The molecule has 0 heterocycles. The molecule has 0 saturated carbocycles. The Kier molecular flexibility index (Phi) is 5.00. The van der Waals surface area contributed by atoms with Crippen molar-refractivity contribution in [1.82, 2.24) is 5.32 Å². The van der Waals surface area contributed by atoms with Crippen LogP contribution < -0.4 is 16.6 Å². The summed E-state index contributed by atoms with van der Waals surface area (Å²) in [6, 6.07) is 3.88. The fourth-order valence-corrected chi connectivity index (χ4v) is 1.95. The van der Waals surface area contributed by atoms with Crippen LogP contribution >= 0.6 is 0 Å². The topological polar surface area (TPSA) is 144 Å². The predicted molar refractivity (Wildman–Crippen MR) is 73.0 cm³/mol. The van der Waals surface area contributed by atoms with Crippen LogP contribution in [0.2, 0.25) is 0 Å². The van der Waals surface area contributed by atoms with Crippen LogP contribution in [0.1, 0.15) is 10.4 Å². The molecule has 0 bridgehead atoms. The molecule has 9 nitrogen and oxygen atoms in total. The molecule has 0 spiro atoms. The second kappa shape index (κ2) is 6.30. The summed E-state index contributed by atoms with van der Waals surface area (Å²) in [6.45, 7) is -0.0929. The summed E-state index contributed by atoms with van der Waals surface area (Å²) >= 11 is 0. The highest BCUT2D eigenvalue weighted by atomic mass is 32.2. The van der Waals surface area contributed by atoms with Gasteiger partial charge >= 0.3 is 0 Å². The molecule has 0 unspecified atom stereocenters. The highest BCUT2D eigenvalue weighted by molar-refractivity contribution is 7.90. The normalized spacial score (nSPS) is 10.9. The number of nitrogens with one attached hydrogen (secondary N) is 2. The minimum Gasteiger partial charge on any atom is -0.351 e. The van der Waals surface area contributed by atoms with Gasteiger partial charge < -0.3 is 10.7 Å². The van der Waals surface area contributed by atoms with Gasteiger partial charge in [0.25, 0.3) is 11.6 Å². The fraction of sp³-hybridized carbons (Fsp3) is 0.300. The maximum Gasteiger partial charge on any atom is 0.294 e. The number of nitro benzene ring substituents is 1. The summed E-state index contributed by atoms with van der Waals surface area (Å²) in [6.07, 6.45) is 1.04. The number of para-hydroxylation sites is 1. The van der Waals surface area contributed by atoms with Gasteiger partial charge in [0.05, 0.1) is 16.2 Å². The summed E-state index contributed by atoms with van der Waals surface area (Å²) in [7, 11) is -3.20. The fourth-order valence-electron chi connectivity index (χ4n) is 1.48. The number of benzene rings is 1. The Morgan fingerprint density at radius 1 is 1.45 bits per heavy atom. The molecule has 110 valence electrons. The van der Waals surface area contributed by atoms with Gasteiger partial charge in [-0.25, -0.2) is 8.42 Å². The second-order valence-electron chi connectivity index (χ2n) is 3.99. The smallest absolute Gasteiger partial charge is 0.294 e. The van der Waals surface area contributed by atoms with E-state index in [0.717, 1.165) is 6.26 Å². The van der Waals surface area contributed by atoms with E-state index < -0.39 is 20.7 Å². The van der Waals surface area contributed by atoms with Gasteiger partial charge in [-0.2, -0.15) is 0 Å². The zero-order valence-electron chi connectivity index (χ0n) is 10.6. The van der Waals surface area contributed by atoms with Crippen LogP contribution in [0.25, 0.3) is 0 Å². The Labute approximate surface area is 115 Å². The van der Waals surface area contributed by atoms with E-state index in [9.17, 15) is 23.3 Å². The lowest BCUT2D eigenvalue weighted by atomic mass is 10.1. The van der Waals surface area contributed by atoms with Gasteiger partial charge in [-0.1, -0.05) is 6.07 Å². The van der Waals surface area contributed by atoms with Crippen molar-refractivity contribution in [2.24, 2.45) is 5.84 Å². The molecule has 1 aromatic rings. The molecule has 0 atom stereocenters. The number of amides is 1. The summed E-state index contributed by atoms with van der Waals surface area (Å²) in [4.78, 5) is 22.0. The molecule has 10 heteroatoms. The molecule has 1 aromatic carbocycles. The maximum atomic E-state index is 11.9. The van der Waals surface area contributed by atoms with Crippen LogP contribution in [-0.4, -0.2) is 37.8 Å². The summed E-state index contributed by atoms with van der Waals surface area (Å²) < 4.78 is 21.9. The van der Waals surface area contributed by atoms with Crippen LogP contribution in [0, 0.1) is 10.1 Å². The lowest BCUT2D eigenvalue weighted by Crippen LogP contribution is -2.30.